The summed E-state index contributed by atoms with van der Waals surface area (Å²) < 4.78 is 11.1. The van der Waals surface area contributed by atoms with Gasteiger partial charge in [0.25, 0.3) is 0 Å². The monoisotopic (exact) mass is 363 g/mol. The molecule has 0 radical (unpaired) electrons. The van der Waals surface area contributed by atoms with Crippen LogP contribution in [-0.2, 0) is 4.74 Å². The largest absolute Gasteiger partial charge is 0.494 e. The van der Waals surface area contributed by atoms with Crippen LogP contribution in [0.2, 0.25) is 0 Å². The van der Waals surface area contributed by atoms with Crippen LogP contribution < -0.4 is 10.5 Å². The van der Waals surface area contributed by atoms with E-state index in [1.807, 2.05) is 45.0 Å². The van der Waals surface area contributed by atoms with Gasteiger partial charge in [-0.2, -0.15) is 0 Å². The van der Waals surface area contributed by atoms with Crippen LogP contribution in [0.15, 0.2) is 24.3 Å². The average molecular weight is 364 g/mol. The lowest BCUT2D eigenvalue weighted by atomic mass is 10.2. The Morgan fingerprint density at radius 1 is 1.12 bits per heavy atom. The molecule has 1 aliphatic heterocycles. The third kappa shape index (κ3) is 7.52. The van der Waals surface area contributed by atoms with Gasteiger partial charge in [-0.15, -0.1) is 0 Å². The number of hydrogen-bond donors (Lipinski definition) is 1. The van der Waals surface area contributed by atoms with Gasteiger partial charge in [-0.1, -0.05) is 6.07 Å². The Morgan fingerprint density at radius 3 is 2.50 bits per heavy atom. The second-order valence-corrected chi connectivity index (χ2v) is 7.79. The number of rotatable bonds is 7. The maximum absolute atomic E-state index is 12.1. The second kappa shape index (κ2) is 9.67. The summed E-state index contributed by atoms with van der Waals surface area (Å²) in [6, 6.07) is 7.54. The fourth-order valence-electron chi connectivity index (χ4n) is 2.89. The molecule has 1 aromatic carbocycles. The topological polar surface area (TPSA) is 68.0 Å². The number of piperazine rings is 1. The Balaban J connectivity index is 1.53. The van der Waals surface area contributed by atoms with Crippen molar-refractivity contribution in [2.24, 2.45) is 0 Å². The number of nitrogens with zero attached hydrogens (tertiary/aromatic N) is 2. The van der Waals surface area contributed by atoms with Gasteiger partial charge in [-0.3, -0.25) is 4.90 Å². The van der Waals surface area contributed by atoms with Gasteiger partial charge in [0, 0.05) is 37.9 Å². The molecule has 1 aromatic rings. The molecule has 0 aliphatic carbocycles. The molecule has 2 N–H and O–H groups in total. The molecule has 1 aliphatic rings. The Hall–Kier alpha value is -1.95. The number of unbranched alkanes of at least 4 members (excludes halogenated alkanes) is 2. The molecule has 0 spiro atoms. The van der Waals surface area contributed by atoms with Gasteiger partial charge in [0.05, 0.1) is 6.61 Å². The number of carbonyl (C=O) groups is 1. The number of anilines is 1. The van der Waals surface area contributed by atoms with Crippen LogP contribution in [0, 0.1) is 0 Å². The maximum Gasteiger partial charge on any atom is 0.410 e. The zero-order valence-electron chi connectivity index (χ0n) is 16.4. The van der Waals surface area contributed by atoms with Crippen LogP contribution in [0.1, 0.15) is 40.0 Å². The van der Waals surface area contributed by atoms with E-state index in [0.717, 1.165) is 70.0 Å². The molecule has 6 heteroatoms. The number of benzene rings is 1. The predicted molar refractivity (Wildman–Crippen MR) is 104 cm³/mol. The maximum atomic E-state index is 12.1. The molecule has 6 nitrogen and oxygen atoms in total. The molecule has 1 fully saturated rings. The SMILES string of the molecule is CC(C)(C)OC(=O)N1CCN(CCCCCOc2cccc(N)c2)CC1. The van der Waals surface area contributed by atoms with Crippen molar-refractivity contribution in [3.8, 4) is 5.75 Å². The molecule has 0 atom stereocenters. The van der Waals surface area contributed by atoms with Crippen molar-refractivity contribution in [3.63, 3.8) is 0 Å². The third-order valence-electron chi connectivity index (χ3n) is 4.27. The fraction of sp³-hybridized carbons (Fsp3) is 0.650. The molecule has 0 unspecified atom stereocenters. The first-order valence-corrected chi connectivity index (χ1v) is 9.52. The Kier molecular flexibility index (Phi) is 7.57. The second-order valence-electron chi connectivity index (χ2n) is 7.79. The Labute approximate surface area is 157 Å². The van der Waals surface area contributed by atoms with E-state index in [1.54, 1.807) is 4.90 Å². The molecule has 146 valence electrons. The van der Waals surface area contributed by atoms with Crippen molar-refractivity contribution in [2.75, 3.05) is 45.1 Å². The standard InChI is InChI=1S/C20H33N3O3/c1-20(2,3)26-19(24)23-13-11-22(12-14-23)10-5-4-6-15-25-18-9-7-8-17(21)16-18/h7-9,16H,4-6,10-15,21H2,1-3H3. The summed E-state index contributed by atoms with van der Waals surface area (Å²) in [7, 11) is 0. The van der Waals surface area contributed by atoms with E-state index in [-0.39, 0.29) is 6.09 Å². The highest BCUT2D eigenvalue weighted by Gasteiger charge is 2.25. The summed E-state index contributed by atoms with van der Waals surface area (Å²) in [5, 5.41) is 0. The molecular formula is C20H33N3O3. The highest BCUT2D eigenvalue weighted by Crippen LogP contribution is 2.15. The third-order valence-corrected chi connectivity index (χ3v) is 4.27. The molecule has 0 saturated carbocycles. The summed E-state index contributed by atoms with van der Waals surface area (Å²) >= 11 is 0. The van der Waals surface area contributed by atoms with E-state index >= 15 is 0 Å². The molecule has 0 aromatic heterocycles. The summed E-state index contributed by atoms with van der Waals surface area (Å²) in [6.45, 7) is 10.8. The molecule has 2 rings (SSSR count). The number of carbonyl (C=O) groups excluding carboxylic acids is 1. The minimum Gasteiger partial charge on any atom is -0.494 e. The van der Waals surface area contributed by atoms with Gasteiger partial charge in [0.2, 0.25) is 0 Å². The zero-order valence-corrected chi connectivity index (χ0v) is 16.4. The first-order valence-electron chi connectivity index (χ1n) is 9.52. The first-order chi connectivity index (χ1) is 12.3. The number of hydrogen-bond acceptors (Lipinski definition) is 5. The van der Waals surface area contributed by atoms with Crippen LogP contribution in [0.3, 0.4) is 0 Å². The van der Waals surface area contributed by atoms with Gasteiger partial charge in [-0.05, 0) is 58.7 Å². The summed E-state index contributed by atoms with van der Waals surface area (Å²) in [5.41, 5.74) is 6.03. The van der Waals surface area contributed by atoms with E-state index < -0.39 is 5.60 Å². The first kappa shape index (κ1) is 20.4. The highest BCUT2D eigenvalue weighted by molar-refractivity contribution is 5.68. The molecule has 0 bridgehead atoms. The molecule has 1 amide bonds. The van der Waals surface area contributed by atoms with Crippen molar-refractivity contribution in [3.05, 3.63) is 24.3 Å². The molecular weight excluding hydrogens is 330 g/mol. The molecule has 26 heavy (non-hydrogen) atoms. The lowest BCUT2D eigenvalue weighted by molar-refractivity contribution is 0.0144. The molecule has 1 heterocycles. The van der Waals surface area contributed by atoms with Crippen molar-refractivity contribution < 1.29 is 14.3 Å². The predicted octanol–water partition coefficient (Wildman–Crippen LogP) is 3.37. The van der Waals surface area contributed by atoms with E-state index in [4.69, 9.17) is 15.2 Å². The normalized spacial score (nSPS) is 15.7. The van der Waals surface area contributed by atoms with Crippen LogP contribution in [0.25, 0.3) is 0 Å². The smallest absolute Gasteiger partial charge is 0.410 e. The van der Waals surface area contributed by atoms with E-state index in [0.29, 0.717) is 0 Å². The highest BCUT2D eigenvalue weighted by atomic mass is 16.6. The quantitative estimate of drug-likeness (QED) is 0.594. The van der Waals surface area contributed by atoms with Crippen LogP contribution in [0.5, 0.6) is 5.75 Å². The van der Waals surface area contributed by atoms with Crippen molar-refractivity contribution in [2.45, 2.75) is 45.6 Å². The number of ether oxygens (including phenoxy) is 2. The van der Waals surface area contributed by atoms with Gasteiger partial charge in [-0.25, -0.2) is 4.79 Å². The Morgan fingerprint density at radius 2 is 1.85 bits per heavy atom. The lowest BCUT2D eigenvalue weighted by Gasteiger charge is -2.35. The average Bonchev–Trinajstić information content (AvgIpc) is 2.57. The van der Waals surface area contributed by atoms with Crippen molar-refractivity contribution in [1.82, 2.24) is 9.80 Å². The van der Waals surface area contributed by atoms with Crippen molar-refractivity contribution in [1.29, 1.82) is 0 Å². The zero-order chi connectivity index (χ0) is 19.0. The number of amides is 1. The van der Waals surface area contributed by atoms with Gasteiger partial charge >= 0.3 is 6.09 Å². The number of nitrogen functional groups attached to an aromatic ring is 1. The van der Waals surface area contributed by atoms with Crippen molar-refractivity contribution >= 4 is 11.8 Å². The number of nitrogens with two attached hydrogens (primary N) is 1. The Bertz CT molecular complexity index is 564. The minimum absolute atomic E-state index is 0.198. The summed E-state index contributed by atoms with van der Waals surface area (Å²) in [5.74, 6) is 0.836. The van der Waals surface area contributed by atoms with E-state index in [2.05, 4.69) is 4.90 Å². The summed E-state index contributed by atoms with van der Waals surface area (Å²) in [4.78, 5) is 16.3. The lowest BCUT2D eigenvalue weighted by Crippen LogP contribution is -2.50. The van der Waals surface area contributed by atoms with Gasteiger partial charge in [0.15, 0.2) is 0 Å². The van der Waals surface area contributed by atoms with Gasteiger partial charge in [0.1, 0.15) is 11.4 Å². The van der Waals surface area contributed by atoms with E-state index in [9.17, 15) is 4.79 Å². The molecule has 1 saturated heterocycles. The van der Waals surface area contributed by atoms with Gasteiger partial charge < -0.3 is 20.1 Å². The van der Waals surface area contributed by atoms with Crippen LogP contribution in [-0.4, -0.2) is 60.8 Å². The fourth-order valence-corrected chi connectivity index (χ4v) is 2.89. The summed E-state index contributed by atoms with van der Waals surface area (Å²) in [6.07, 6.45) is 3.12. The van der Waals surface area contributed by atoms with Crippen LogP contribution in [0.4, 0.5) is 10.5 Å². The minimum atomic E-state index is -0.429. The van der Waals surface area contributed by atoms with Crippen LogP contribution >= 0.6 is 0 Å². The van der Waals surface area contributed by atoms with E-state index in [1.165, 1.54) is 0 Å².